The van der Waals surface area contributed by atoms with Gasteiger partial charge in [0.15, 0.2) is 5.96 Å². The Morgan fingerprint density at radius 1 is 1.27 bits per heavy atom. The standard InChI is InChI=1S/C22H35N5O2.HI/c1-7-23-22(25-16(2)14-21-17(3)26-27(5)18(21)4)24-12-9-13-29-20-11-8-10-19(15-20)28-6;/h8,10-11,15-16H,7,9,12-14H2,1-6H3,(H2,23,24,25);1H. The highest BCUT2D eigenvalue weighted by Crippen LogP contribution is 2.18. The molecule has 0 aliphatic heterocycles. The molecule has 168 valence electrons. The molecule has 0 aliphatic carbocycles. The fourth-order valence-corrected chi connectivity index (χ4v) is 3.16. The van der Waals surface area contributed by atoms with E-state index in [1.165, 1.54) is 11.3 Å². The smallest absolute Gasteiger partial charge is 0.191 e. The molecule has 0 radical (unpaired) electrons. The van der Waals surface area contributed by atoms with Crippen molar-refractivity contribution >= 4 is 29.9 Å². The van der Waals surface area contributed by atoms with Gasteiger partial charge in [0.05, 0.1) is 19.4 Å². The van der Waals surface area contributed by atoms with Gasteiger partial charge in [0.1, 0.15) is 11.5 Å². The molecular formula is C22H36IN5O2. The Hall–Kier alpha value is -1.97. The van der Waals surface area contributed by atoms with Crippen molar-refractivity contribution in [3.8, 4) is 11.5 Å². The average molecular weight is 529 g/mol. The average Bonchev–Trinajstić information content (AvgIpc) is 2.94. The van der Waals surface area contributed by atoms with Crippen LogP contribution in [0.3, 0.4) is 0 Å². The van der Waals surface area contributed by atoms with Crippen LogP contribution >= 0.6 is 24.0 Å². The van der Waals surface area contributed by atoms with Crippen LogP contribution in [0.15, 0.2) is 29.3 Å². The number of methoxy groups -OCH3 is 1. The van der Waals surface area contributed by atoms with Crippen LogP contribution in [0.1, 0.15) is 37.2 Å². The predicted octanol–water partition coefficient (Wildman–Crippen LogP) is 3.62. The summed E-state index contributed by atoms with van der Waals surface area (Å²) in [6.45, 7) is 10.6. The molecule has 0 saturated carbocycles. The largest absolute Gasteiger partial charge is 0.497 e. The topological polar surface area (TPSA) is 72.7 Å². The molecule has 1 heterocycles. The van der Waals surface area contributed by atoms with Crippen molar-refractivity contribution in [2.24, 2.45) is 12.0 Å². The summed E-state index contributed by atoms with van der Waals surface area (Å²) < 4.78 is 12.9. The number of aryl methyl sites for hydroxylation is 2. The quantitative estimate of drug-likeness (QED) is 0.213. The summed E-state index contributed by atoms with van der Waals surface area (Å²) in [5, 5.41) is 11.3. The van der Waals surface area contributed by atoms with Crippen molar-refractivity contribution in [1.29, 1.82) is 0 Å². The molecule has 1 aromatic heterocycles. The maximum absolute atomic E-state index is 5.78. The van der Waals surface area contributed by atoms with Gasteiger partial charge in [-0.3, -0.25) is 9.67 Å². The molecule has 2 aromatic rings. The summed E-state index contributed by atoms with van der Waals surface area (Å²) in [7, 11) is 3.64. The Balaban J connectivity index is 0.00000450. The summed E-state index contributed by atoms with van der Waals surface area (Å²) in [6, 6.07) is 7.90. The number of hydrogen-bond acceptors (Lipinski definition) is 4. The maximum Gasteiger partial charge on any atom is 0.191 e. The van der Waals surface area contributed by atoms with E-state index in [1.54, 1.807) is 7.11 Å². The number of halogens is 1. The van der Waals surface area contributed by atoms with Crippen LogP contribution < -0.4 is 20.1 Å². The zero-order valence-electron chi connectivity index (χ0n) is 19.0. The van der Waals surface area contributed by atoms with Crippen LogP contribution in [0.25, 0.3) is 0 Å². The van der Waals surface area contributed by atoms with Gasteiger partial charge in [-0.05, 0) is 51.8 Å². The number of aliphatic imine (C=N–C) groups is 1. The van der Waals surface area contributed by atoms with Gasteiger partial charge in [0.25, 0.3) is 0 Å². The number of rotatable bonds is 10. The summed E-state index contributed by atoms with van der Waals surface area (Å²) in [6.07, 6.45) is 1.75. The molecule has 1 atom stereocenters. The monoisotopic (exact) mass is 529 g/mol. The van der Waals surface area contributed by atoms with Gasteiger partial charge in [-0.1, -0.05) is 6.07 Å². The third kappa shape index (κ3) is 8.04. The molecule has 1 aromatic carbocycles. The number of nitrogens with zero attached hydrogens (tertiary/aromatic N) is 3. The minimum absolute atomic E-state index is 0. The molecule has 0 bridgehead atoms. The number of aromatic nitrogens is 2. The fourth-order valence-electron chi connectivity index (χ4n) is 3.16. The zero-order chi connectivity index (χ0) is 21.2. The van der Waals surface area contributed by atoms with Crippen LogP contribution in [-0.4, -0.2) is 48.6 Å². The highest BCUT2D eigenvalue weighted by molar-refractivity contribution is 14.0. The van der Waals surface area contributed by atoms with Crippen molar-refractivity contribution in [3.63, 3.8) is 0 Å². The van der Waals surface area contributed by atoms with E-state index in [1.807, 2.05) is 36.0 Å². The Labute approximate surface area is 197 Å². The van der Waals surface area contributed by atoms with E-state index in [0.29, 0.717) is 13.2 Å². The Morgan fingerprint density at radius 3 is 2.63 bits per heavy atom. The zero-order valence-corrected chi connectivity index (χ0v) is 21.3. The Kier molecular flexibility index (Phi) is 11.6. The first-order valence-corrected chi connectivity index (χ1v) is 10.2. The van der Waals surface area contributed by atoms with E-state index in [4.69, 9.17) is 9.47 Å². The Morgan fingerprint density at radius 2 is 2.00 bits per heavy atom. The highest BCUT2D eigenvalue weighted by Gasteiger charge is 2.13. The lowest BCUT2D eigenvalue weighted by atomic mass is 10.1. The number of nitrogens with one attached hydrogen (secondary N) is 2. The minimum Gasteiger partial charge on any atom is -0.497 e. The van der Waals surface area contributed by atoms with Crippen LogP contribution in [0.4, 0.5) is 0 Å². The highest BCUT2D eigenvalue weighted by atomic mass is 127. The van der Waals surface area contributed by atoms with Gasteiger partial charge in [0.2, 0.25) is 0 Å². The predicted molar refractivity (Wildman–Crippen MR) is 133 cm³/mol. The van der Waals surface area contributed by atoms with Crippen molar-refractivity contribution in [2.45, 2.75) is 46.6 Å². The van der Waals surface area contributed by atoms with E-state index >= 15 is 0 Å². The van der Waals surface area contributed by atoms with Gasteiger partial charge in [0, 0.05) is 44.4 Å². The van der Waals surface area contributed by atoms with E-state index in [-0.39, 0.29) is 30.0 Å². The van der Waals surface area contributed by atoms with E-state index in [0.717, 1.165) is 42.5 Å². The second kappa shape index (κ2) is 13.4. The molecule has 0 aliphatic rings. The SMILES string of the molecule is CCNC(=NCCCOc1cccc(OC)c1)NC(C)Cc1c(C)nn(C)c1C.I. The summed E-state index contributed by atoms with van der Waals surface area (Å²) >= 11 is 0. The lowest BCUT2D eigenvalue weighted by molar-refractivity contribution is 0.311. The maximum atomic E-state index is 5.78. The first-order valence-electron chi connectivity index (χ1n) is 10.2. The third-order valence-electron chi connectivity index (χ3n) is 4.78. The van der Waals surface area contributed by atoms with Gasteiger partial charge in [-0.15, -0.1) is 24.0 Å². The van der Waals surface area contributed by atoms with E-state index in [2.05, 4.69) is 48.4 Å². The first kappa shape index (κ1) is 26.1. The van der Waals surface area contributed by atoms with Gasteiger partial charge >= 0.3 is 0 Å². The number of guanidine groups is 1. The fraction of sp³-hybridized carbons (Fsp3) is 0.545. The number of hydrogen-bond donors (Lipinski definition) is 2. The third-order valence-corrected chi connectivity index (χ3v) is 4.78. The molecule has 8 heteroatoms. The van der Waals surface area contributed by atoms with Crippen molar-refractivity contribution in [2.75, 3.05) is 26.8 Å². The molecule has 0 fully saturated rings. The molecule has 0 spiro atoms. The van der Waals surface area contributed by atoms with Crippen molar-refractivity contribution in [3.05, 3.63) is 41.2 Å². The Bertz CT molecular complexity index is 807. The van der Waals surface area contributed by atoms with Crippen LogP contribution in [0.5, 0.6) is 11.5 Å². The number of ether oxygens (including phenoxy) is 2. The van der Waals surface area contributed by atoms with Crippen LogP contribution in [0, 0.1) is 13.8 Å². The summed E-state index contributed by atoms with van der Waals surface area (Å²) in [4.78, 5) is 4.68. The second-order valence-corrected chi connectivity index (χ2v) is 7.16. The molecule has 2 N–H and O–H groups in total. The van der Waals surface area contributed by atoms with Crippen LogP contribution in [-0.2, 0) is 13.5 Å². The molecule has 0 saturated heterocycles. The minimum atomic E-state index is 0. The summed E-state index contributed by atoms with van der Waals surface area (Å²) in [5.41, 5.74) is 3.61. The van der Waals surface area contributed by atoms with Gasteiger partial charge in [-0.2, -0.15) is 5.10 Å². The molecule has 0 amide bonds. The van der Waals surface area contributed by atoms with Gasteiger partial charge < -0.3 is 20.1 Å². The lowest BCUT2D eigenvalue weighted by Crippen LogP contribution is -2.43. The number of benzene rings is 1. The van der Waals surface area contributed by atoms with E-state index < -0.39 is 0 Å². The van der Waals surface area contributed by atoms with Gasteiger partial charge in [-0.25, -0.2) is 0 Å². The van der Waals surface area contributed by atoms with Crippen molar-refractivity contribution in [1.82, 2.24) is 20.4 Å². The first-order chi connectivity index (χ1) is 13.9. The molecule has 1 unspecified atom stereocenters. The molecule has 30 heavy (non-hydrogen) atoms. The normalized spacial score (nSPS) is 12.1. The molecule has 2 rings (SSSR count). The lowest BCUT2D eigenvalue weighted by Gasteiger charge is -2.18. The van der Waals surface area contributed by atoms with Crippen LogP contribution in [0.2, 0.25) is 0 Å². The molecule has 7 nitrogen and oxygen atoms in total. The van der Waals surface area contributed by atoms with E-state index in [9.17, 15) is 0 Å². The summed E-state index contributed by atoms with van der Waals surface area (Å²) in [5.74, 6) is 2.45. The van der Waals surface area contributed by atoms with Crippen molar-refractivity contribution < 1.29 is 9.47 Å². The molecular weight excluding hydrogens is 493 g/mol. The second-order valence-electron chi connectivity index (χ2n) is 7.16.